The number of benzene rings is 1. The molecule has 0 spiro atoms. The van der Waals surface area contributed by atoms with E-state index >= 15 is 0 Å². The Labute approximate surface area is 204 Å². The van der Waals surface area contributed by atoms with Crippen LogP contribution in [0.1, 0.15) is 51.0 Å². The summed E-state index contributed by atoms with van der Waals surface area (Å²) in [6.45, 7) is 7.09. The molecule has 1 aromatic carbocycles. The molecule has 1 aliphatic heterocycles. The maximum absolute atomic E-state index is 5.69. The van der Waals surface area contributed by atoms with E-state index < -0.39 is 0 Å². The van der Waals surface area contributed by atoms with Crippen molar-refractivity contribution in [2.45, 2.75) is 50.9 Å². The minimum atomic E-state index is 0. The van der Waals surface area contributed by atoms with Crippen molar-refractivity contribution in [1.29, 1.82) is 0 Å². The Morgan fingerprint density at radius 3 is 2.32 bits per heavy atom. The molecule has 7 heteroatoms. The highest BCUT2D eigenvalue weighted by molar-refractivity contribution is 14.0. The first-order chi connectivity index (χ1) is 14.7. The van der Waals surface area contributed by atoms with Crippen molar-refractivity contribution in [2.24, 2.45) is 10.4 Å². The van der Waals surface area contributed by atoms with Gasteiger partial charge in [0, 0.05) is 52.0 Å². The smallest absolute Gasteiger partial charge is 0.191 e. The fourth-order valence-corrected chi connectivity index (χ4v) is 4.60. The normalized spacial score (nSPS) is 19.6. The van der Waals surface area contributed by atoms with Crippen LogP contribution in [0, 0.1) is 5.41 Å². The van der Waals surface area contributed by atoms with Crippen molar-refractivity contribution in [1.82, 2.24) is 10.6 Å². The van der Waals surface area contributed by atoms with Crippen molar-refractivity contribution in [3.63, 3.8) is 0 Å². The van der Waals surface area contributed by atoms with Crippen LogP contribution < -0.4 is 15.4 Å². The first kappa shape index (κ1) is 26.2. The molecule has 0 atom stereocenters. The van der Waals surface area contributed by atoms with E-state index in [1.807, 2.05) is 0 Å². The molecule has 6 nitrogen and oxygen atoms in total. The standard InChI is InChI=1S/C24H39N3O3.HI/c1-4-25-22(26-18-23(10-5-11-23)12-15-28-2)27-19-24(13-16-30-17-14-24)20-6-8-21(29-3)9-7-20;/h6-9H,4-5,10-19H2,1-3H3,(H2,25,26,27);1H. The van der Waals surface area contributed by atoms with E-state index in [1.54, 1.807) is 14.2 Å². The lowest BCUT2D eigenvalue weighted by atomic mass is 9.67. The van der Waals surface area contributed by atoms with Crippen LogP contribution in [0.3, 0.4) is 0 Å². The molecule has 1 saturated heterocycles. The molecule has 2 fully saturated rings. The number of guanidine groups is 1. The number of aliphatic imine (C=N–C) groups is 1. The summed E-state index contributed by atoms with van der Waals surface area (Å²) in [5, 5.41) is 7.10. The molecule has 1 aromatic rings. The van der Waals surface area contributed by atoms with Crippen molar-refractivity contribution in [2.75, 3.05) is 53.7 Å². The van der Waals surface area contributed by atoms with Gasteiger partial charge in [-0.2, -0.15) is 0 Å². The third kappa shape index (κ3) is 6.96. The van der Waals surface area contributed by atoms with Gasteiger partial charge in [-0.1, -0.05) is 18.6 Å². The predicted molar refractivity (Wildman–Crippen MR) is 137 cm³/mol. The molecule has 0 aromatic heterocycles. The summed E-state index contributed by atoms with van der Waals surface area (Å²) in [4.78, 5) is 4.98. The molecule has 3 rings (SSSR count). The zero-order chi connectivity index (χ0) is 21.3. The molecule has 0 unspecified atom stereocenters. The predicted octanol–water partition coefficient (Wildman–Crippen LogP) is 4.12. The Hall–Kier alpha value is -1.06. The van der Waals surface area contributed by atoms with E-state index in [0.29, 0.717) is 5.41 Å². The second-order valence-electron chi connectivity index (χ2n) is 8.77. The van der Waals surface area contributed by atoms with Gasteiger partial charge in [0.15, 0.2) is 5.96 Å². The van der Waals surface area contributed by atoms with Crippen LogP contribution in [-0.2, 0) is 14.9 Å². The fraction of sp³-hybridized carbons (Fsp3) is 0.708. The van der Waals surface area contributed by atoms with E-state index in [0.717, 1.165) is 70.4 Å². The lowest BCUT2D eigenvalue weighted by molar-refractivity contribution is 0.0513. The highest BCUT2D eigenvalue weighted by atomic mass is 127. The second kappa shape index (κ2) is 12.8. The molecule has 0 amide bonds. The lowest BCUT2D eigenvalue weighted by Gasteiger charge is -2.41. The Morgan fingerprint density at radius 2 is 1.77 bits per heavy atom. The maximum atomic E-state index is 5.69. The average molecular weight is 546 g/mol. The van der Waals surface area contributed by atoms with Gasteiger partial charge in [0.2, 0.25) is 0 Å². The summed E-state index contributed by atoms with van der Waals surface area (Å²) in [6, 6.07) is 8.51. The van der Waals surface area contributed by atoms with Gasteiger partial charge in [-0.15, -0.1) is 24.0 Å². The van der Waals surface area contributed by atoms with E-state index in [9.17, 15) is 0 Å². The molecule has 176 valence electrons. The Balaban J connectivity index is 0.00000341. The van der Waals surface area contributed by atoms with Gasteiger partial charge < -0.3 is 24.8 Å². The van der Waals surface area contributed by atoms with Crippen molar-refractivity contribution in [3.05, 3.63) is 29.8 Å². The number of hydrogen-bond acceptors (Lipinski definition) is 4. The lowest BCUT2D eigenvalue weighted by Crippen LogP contribution is -2.48. The van der Waals surface area contributed by atoms with Crippen LogP contribution in [0.5, 0.6) is 5.75 Å². The number of rotatable bonds is 10. The number of hydrogen-bond donors (Lipinski definition) is 2. The summed E-state index contributed by atoms with van der Waals surface area (Å²) >= 11 is 0. The van der Waals surface area contributed by atoms with Crippen molar-refractivity contribution >= 4 is 29.9 Å². The maximum Gasteiger partial charge on any atom is 0.191 e. The molecule has 1 saturated carbocycles. The summed E-state index contributed by atoms with van der Waals surface area (Å²) in [5.74, 6) is 1.81. The fourth-order valence-electron chi connectivity index (χ4n) is 4.60. The number of ether oxygens (including phenoxy) is 3. The zero-order valence-electron chi connectivity index (χ0n) is 19.4. The summed E-state index contributed by atoms with van der Waals surface area (Å²) in [5.41, 5.74) is 1.71. The minimum absolute atomic E-state index is 0. The molecule has 1 heterocycles. The number of nitrogens with one attached hydrogen (secondary N) is 2. The quantitative estimate of drug-likeness (QED) is 0.263. The second-order valence-corrected chi connectivity index (χ2v) is 8.77. The Morgan fingerprint density at radius 1 is 1.06 bits per heavy atom. The van der Waals surface area contributed by atoms with Gasteiger partial charge in [0.1, 0.15) is 5.75 Å². The molecule has 1 aliphatic carbocycles. The molecule has 0 bridgehead atoms. The molecule has 2 N–H and O–H groups in total. The minimum Gasteiger partial charge on any atom is -0.497 e. The monoisotopic (exact) mass is 545 g/mol. The molecule has 0 radical (unpaired) electrons. The van der Waals surface area contributed by atoms with E-state index in [1.165, 1.54) is 24.8 Å². The summed E-state index contributed by atoms with van der Waals surface area (Å²) < 4.78 is 16.4. The summed E-state index contributed by atoms with van der Waals surface area (Å²) in [6.07, 6.45) is 6.93. The van der Waals surface area contributed by atoms with Crippen molar-refractivity contribution in [3.8, 4) is 5.75 Å². The van der Waals surface area contributed by atoms with Gasteiger partial charge in [-0.05, 0) is 62.1 Å². The van der Waals surface area contributed by atoms with Gasteiger partial charge in [0.05, 0.1) is 7.11 Å². The van der Waals surface area contributed by atoms with E-state index in [-0.39, 0.29) is 29.4 Å². The zero-order valence-corrected chi connectivity index (χ0v) is 21.7. The Kier molecular flexibility index (Phi) is 10.9. The van der Waals surface area contributed by atoms with Gasteiger partial charge in [0.25, 0.3) is 0 Å². The molecular formula is C24H40IN3O3. The molecular weight excluding hydrogens is 505 g/mol. The average Bonchev–Trinajstić information content (AvgIpc) is 2.77. The molecule has 31 heavy (non-hydrogen) atoms. The number of nitrogens with zero attached hydrogens (tertiary/aromatic N) is 1. The van der Waals surface area contributed by atoms with Gasteiger partial charge >= 0.3 is 0 Å². The highest BCUT2D eigenvalue weighted by Gasteiger charge is 2.37. The van der Waals surface area contributed by atoms with Gasteiger partial charge in [-0.25, -0.2) is 0 Å². The first-order valence-electron chi connectivity index (χ1n) is 11.4. The third-order valence-electron chi connectivity index (χ3n) is 6.91. The highest BCUT2D eigenvalue weighted by Crippen LogP contribution is 2.44. The van der Waals surface area contributed by atoms with E-state index in [2.05, 4.69) is 41.8 Å². The summed E-state index contributed by atoms with van der Waals surface area (Å²) in [7, 11) is 3.50. The topological polar surface area (TPSA) is 64.1 Å². The van der Waals surface area contributed by atoms with Crippen LogP contribution in [0.15, 0.2) is 29.3 Å². The van der Waals surface area contributed by atoms with Crippen LogP contribution in [-0.4, -0.2) is 59.6 Å². The third-order valence-corrected chi connectivity index (χ3v) is 6.91. The van der Waals surface area contributed by atoms with Crippen LogP contribution in [0.25, 0.3) is 0 Å². The first-order valence-corrected chi connectivity index (χ1v) is 11.4. The molecule has 2 aliphatic rings. The Bertz CT molecular complexity index is 671. The number of methoxy groups -OCH3 is 2. The van der Waals surface area contributed by atoms with Crippen LogP contribution >= 0.6 is 24.0 Å². The largest absolute Gasteiger partial charge is 0.497 e. The number of halogens is 1. The SMILES string of the molecule is CCNC(=NCC1(CCOC)CCC1)NCC1(c2ccc(OC)cc2)CCOCC1.I. The van der Waals surface area contributed by atoms with Crippen LogP contribution in [0.4, 0.5) is 0 Å². The van der Waals surface area contributed by atoms with Crippen molar-refractivity contribution < 1.29 is 14.2 Å². The van der Waals surface area contributed by atoms with Crippen LogP contribution in [0.2, 0.25) is 0 Å². The van der Waals surface area contributed by atoms with E-state index in [4.69, 9.17) is 19.2 Å². The van der Waals surface area contributed by atoms with Gasteiger partial charge in [-0.3, -0.25) is 4.99 Å².